The molecule has 9 heteroatoms. The van der Waals surface area contributed by atoms with Crippen LogP contribution in [0.15, 0.2) is 48.5 Å². The average molecular weight is 417 g/mol. The van der Waals surface area contributed by atoms with Crippen LogP contribution in [0.2, 0.25) is 0 Å². The van der Waals surface area contributed by atoms with Gasteiger partial charge in [-0.3, -0.25) is 14.3 Å². The summed E-state index contributed by atoms with van der Waals surface area (Å²) in [5, 5.41) is 9.91. The fourth-order valence-electron chi connectivity index (χ4n) is 3.23. The van der Waals surface area contributed by atoms with E-state index in [1.54, 1.807) is 52.3 Å². The molecule has 29 heavy (non-hydrogen) atoms. The SMILES string of the molecule is CS(=O)(=O)Nc1ccc(C(=O)N2CCCN(C(=O)c3ccccc3O)CC2)cc1. The number of para-hydroxylation sites is 1. The number of benzene rings is 2. The Morgan fingerprint density at radius 1 is 0.897 bits per heavy atom. The standard InChI is InChI=1S/C20H23N3O5S/c1-29(27,28)21-16-9-7-15(8-10-16)19(25)22-11-4-12-23(14-13-22)20(26)17-5-2-3-6-18(17)24/h2-3,5-10,21,24H,4,11-14H2,1H3. The Kier molecular flexibility index (Phi) is 6.07. The number of anilines is 1. The van der Waals surface area contributed by atoms with Crippen molar-refractivity contribution in [2.45, 2.75) is 6.42 Å². The third kappa shape index (κ3) is 5.26. The van der Waals surface area contributed by atoms with Gasteiger partial charge in [-0.1, -0.05) is 12.1 Å². The van der Waals surface area contributed by atoms with Gasteiger partial charge in [-0.25, -0.2) is 8.42 Å². The van der Waals surface area contributed by atoms with Crippen molar-refractivity contribution >= 4 is 27.5 Å². The van der Waals surface area contributed by atoms with Crippen LogP contribution >= 0.6 is 0 Å². The second kappa shape index (κ2) is 8.52. The van der Waals surface area contributed by atoms with E-state index in [1.807, 2.05) is 0 Å². The number of rotatable bonds is 4. The molecule has 2 aromatic carbocycles. The van der Waals surface area contributed by atoms with Crippen LogP contribution in [0, 0.1) is 0 Å². The number of hydrogen-bond donors (Lipinski definition) is 2. The highest BCUT2D eigenvalue weighted by Gasteiger charge is 2.24. The minimum atomic E-state index is -3.38. The molecule has 1 aliphatic heterocycles. The van der Waals surface area contributed by atoms with Crippen LogP contribution in [0.25, 0.3) is 0 Å². The molecule has 0 spiro atoms. The molecule has 1 heterocycles. The zero-order valence-corrected chi connectivity index (χ0v) is 16.9. The second-order valence-electron chi connectivity index (χ2n) is 6.91. The van der Waals surface area contributed by atoms with Gasteiger partial charge >= 0.3 is 0 Å². The Bertz CT molecular complexity index is 1010. The predicted octanol–water partition coefficient (Wildman–Crippen LogP) is 1.75. The van der Waals surface area contributed by atoms with Crippen molar-refractivity contribution in [3.8, 4) is 5.75 Å². The topological polar surface area (TPSA) is 107 Å². The molecule has 1 aliphatic rings. The van der Waals surface area contributed by atoms with E-state index >= 15 is 0 Å². The predicted molar refractivity (Wildman–Crippen MR) is 109 cm³/mol. The van der Waals surface area contributed by atoms with Gasteiger partial charge in [0.05, 0.1) is 11.8 Å². The molecule has 1 fully saturated rings. The van der Waals surface area contributed by atoms with E-state index in [1.165, 1.54) is 6.07 Å². The molecule has 0 aromatic heterocycles. The number of phenolic OH excluding ortho intramolecular Hbond substituents is 1. The first-order valence-electron chi connectivity index (χ1n) is 9.19. The number of carbonyl (C=O) groups is 2. The Morgan fingerprint density at radius 3 is 2.07 bits per heavy atom. The summed E-state index contributed by atoms with van der Waals surface area (Å²) in [6, 6.07) is 12.6. The van der Waals surface area contributed by atoms with Crippen molar-refractivity contribution in [1.29, 1.82) is 0 Å². The summed E-state index contributed by atoms with van der Waals surface area (Å²) < 4.78 is 24.9. The normalized spacial score (nSPS) is 14.9. The van der Waals surface area contributed by atoms with Gasteiger partial charge in [-0.2, -0.15) is 0 Å². The van der Waals surface area contributed by atoms with Gasteiger partial charge in [0.15, 0.2) is 0 Å². The number of carbonyl (C=O) groups excluding carboxylic acids is 2. The van der Waals surface area contributed by atoms with Crippen LogP contribution in [0.4, 0.5) is 5.69 Å². The van der Waals surface area contributed by atoms with Crippen molar-refractivity contribution in [2.24, 2.45) is 0 Å². The second-order valence-corrected chi connectivity index (χ2v) is 8.66. The molecule has 2 N–H and O–H groups in total. The molecule has 0 saturated carbocycles. The van der Waals surface area contributed by atoms with E-state index in [0.29, 0.717) is 43.9 Å². The molecule has 154 valence electrons. The lowest BCUT2D eigenvalue weighted by Gasteiger charge is -2.22. The van der Waals surface area contributed by atoms with Gasteiger partial charge in [-0.05, 0) is 42.8 Å². The van der Waals surface area contributed by atoms with Crippen molar-refractivity contribution in [3.05, 3.63) is 59.7 Å². The molecule has 2 aromatic rings. The van der Waals surface area contributed by atoms with Crippen LogP contribution in [0.1, 0.15) is 27.1 Å². The van der Waals surface area contributed by atoms with Gasteiger partial charge in [0, 0.05) is 37.4 Å². The van der Waals surface area contributed by atoms with Crippen LogP contribution in [-0.2, 0) is 10.0 Å². The summed E-state index contributed by atoms with van der Waals surface area (Å²) in [7, 11) is -3.38. The molecule has 0 unspecified atom stereocenters. The lowest BCUT2D eigenvalue weighted by Crippen LogP contribution is -2.37. The highest BCUT2D eigenvalue weighted by atomic mass is 32.2. The van der Waals surface area contributed by atoms with Crippen LogP contribution in [0.3, 0.4) is 0 Å². The lowest BCUT2D eigenvalue weighted by molar-refractivity contribution is 0.0717. The maximum atomic E-state index is 12.8. The first kappa shape index (κ1) is 20.7. The zero-order chi connectivity index (χ0) is 21.0. The first-order chi connectivity index (χ1) is 13.7. The molecule has 2 amide bonds. The number of phenols is 1. The third-order valence-corrected chi connectivity index (χ3v) is 5.25. The number of amides is 2. The number of sulfonamides is 1. The minimum absolute atomic E-state index is 0.0579. The molecule has 8 nitrogen and oxygen atoms in total. The number of aromatic hydroxyl groups is 1. The third-order valence-electron chi connectivity index (χ3n) is 4.64. The molecular formula is C20H23N3O5S. The maximum Gasteiger partial charge on any atom is 0.257 e. The first-order valence-corrected chi connectivity index (χ1v) is 11.1. The smallest absolute Gasteiger partial charge is 0.257 e. The molecule has 0 bridgehead atoms. The summed E-state index contributed by atoms with van der Waals surface area (Å²) in [6.45, 7) is 1.75. The molecular weight excluding hydrogens is 394 g/mol. The van der Waals surface area contributed by atoms with Crippen LogP contribution < -0.4 is 4.72 Å². The van der Waals surface area contributed by atoms with E-state index in [2.05, 4.69) is 4.72 Å². The van der Waals surface area contributed by atoms with Crippen molar-refractivity contribution in [1.82, 2.24) is 9.80 Å². The Labute approximate surface area is 169 Å². The van der Waals surface area contributed by atoms with E-state index in [0.717, 1.165) is 6.26 Å². The highest BCUT2D eigenvalue weighted by molar-refractivity contribution is 7.92. The highest BCUT2D eigenvalue weighted by Crippen LogP contribution is 2.19. The maximum absolute atomic E-state index is 12.8. The quantitative estimate of drug-likeness (QED) is 0.788. The number of nitrogens with zero attached hydrogens (tertiary/aromatic N) is 2. The Hall–Kier alpha value is -3.07. The Morgan fingerprint density at radius 2 is 1.48 bits per heavy atom. The van der Waals surface area contributed by atoms with Crippen LogP contribution in [-0.4, -0.2) is 67.6 Å². The van der Waals surface area contributed by atoms with Gasteiger partial charge < -0.3 is 14.9 Å². The van der Waals surface area contributed by atoms with Crippen molar-refractivity contribution < 1.29 is 23.1 Å². The largest absolute Gasteiger partial charge is 0.507 e. The van der Waals surface area contributed by atoms with E-state index in [4.69, 9.17) is 0 Å². The van der Waals surface area contributed by atoms with E-state index in [9.17, 15) is 23.1 Å². The van der Waals surface area contributed by atoms with Gasteiger partial charge in [0.25, 0.3) is 11.8 Å². The molecule has 0 radical (unpaired) electrons. The average Bonchev–Trinajstić information content (AvgIpc) is 2.93. The molecule has 3 rings (SSSR count). The van der Waals surface area contributed by atoms with Gasteiger partial charge in [0.2, 0.25) is 10.0 Å². The molecule has 1 saturated heterocycles. The fourth-order valence-corrected chi connectivity index (χ4v) is 3.79. The molecule has 0 atom stereocenters. The van der Waals surface area contributed by atoms with E-state index in [-0.39, 0.29) is 23.1 Å². The monoisotopic (exact) mass is 417 g/mol. The van der Waals surface area contributed by atoms with Crippen molar-refractivity contribution in [2.75, 3.05) is 37.2 Å². The lowest BCUT2D eigenvalue weighted by atomic mass is 10.1. The molecule has 0 aliphatic carbocycles. The summed E-state index contributed by atoms with van der Waals surface area (Å²) in [5.41, 5.74) is 1.09. The minimum Gasteiger partial charge on any atom is -0.507 e. The number of nitrogens with one attached hydrogen (secondary N) is 1. The Balaban J connectivity index is 1.65. The van der Waals surface area contributed by atoms with Gasteiger partial charge in [-0.15, -0.1) is 0 Å². The zero-order valence-electron chi connectivity index (χ0n) is 16.0. The summed E-state index contributed by atoms with van der Waals surface area (Å²) >= 11 is 0. The summed E-state index contributed by atoms with van der Waals surface area (Å²) in [5.74, 6) is -0.487. The number of hydrogen-bond acceptors (Lipinski definition) is 5. The summed E-state index contributed by atoms with van der Waals surface area (Å²) in [6.07, 6.45) is 1.68. The van der Waals surface area contributed by atoms with Crippen LogP contribution in [0.5, 0.6) is 5.75 Å². The van der Waals surface area contributed by atoms with Crippen molar-refractivity contribution in [3.63, 3.8) is 0 Å². The van der Waals surface area contributed by atoms with E-state index < -0.39 is 10.0 Å². The van der Waals surface area contributed by atoms with Gasteiger partial charge in [0.1, 0.15) is 5.75 Å². The fraction of sp³-hybridized carbons (Fsp3) is 0.300. The summed E-state index contributed by atoms with van der Waals surface area (Å²) in [4.78, 5) is 28.8.